The fourth-order valence-corrected chi connectivity index (χ4v) is 3.39. The molecule has 156 valence electrons. The Hall–Kier alpha value is -3.26. The lowest BCUT2D eigenvalue weighted by molar-refractivity contribution is 0.0729. The number of benzene rings is 3. The van der Waals surface area contributed by atoms with Crippen molar-refractivity contribution in [2.75, 3.05) is 6.26 Å². The fourth-order valence-electron chi connectivity index (χ4n) is 2.90. The van der Waals surface area contributed by atoms with Gasteiger partial charge in [0.2, 0.25) is 0 Å². The molecule has 30 heavy (non-hydrogen) atoms. The second-order valence-corrected chi connectivity index (χ2v) is 8.27. The minimum atomic E-state index is -3.77. The molecule has 0 spiro atoms. The molecule has 0 saturated heterocycles. The monoisotopic (exact) mass is 431 g/mol. The van der Waals surface area contributed by atoms with E-state index in [1.54, 1.807) is 30.3 Å². The van der Waals surface area contributed by atoms with Crippen molar-refractivity contribution >= 4 is 16.0 Å². The number of nitrogens with zero attached hydrogens (tertiary/aromatic N) is 1. The molecular weight excluding hydrogens is 412 g/mol. The van der Waals surface area contributed by atoms with Gasteiger partial charge in [0, 0.05) is 17.7 Å². The van der Waals surface area contributed by atoms with Crippen LogP contribution in [0.1, 0.15) is 21.5 Å². The average molecular weight is 431 g/mol. The third-order valence-electron chi connectivity index (χ3n) is 4.22. The van der Waals surface area contributed by atoms with Gasteiger partial charge in [-0.05, 0) is 42.0 Å². The van der Waals surface area contributed by atoms with E-state index in [0.29, 0.717) is 11.1 Å². The van der Waals surface area contributed by atoms with Gasteiger partial charge >= 0.3 is 10.1 Å². The molecule has 8 heteroatoms. The molecule has 3 aromatic carbocycles. The summed E-state index contributed by atoms with van der Waals surface area (Å²) in [5.41, 5.74) is 1.25. The molecule has 0 atom stereocenters. The summed E-state index contributed by atoms with van der Waals surface area (Å²) in [6.07, 6.45) is 0.929. The molecule has 0 unspecified atom stereocenters. The number of hydrogen-bond donors (Lipinski definition) is 0. The first-order chi connectivity index (χ1) is 14.2. The van der Waals surface area contributed by atoms with Crippen molar-refractivity contribution in [3.05, 3.63) is 101 Å². The quantitative estimate of drug-likeness (QED) is 0.528. The molecule has 0 fully saturated rings. The first-order valence-electron chi connectivity index (χ1n) is 8.98. The van der Waals surface area contributed by atoms with Crippen molar-refractivity contribution in [1.82, 2.24) is 4.90 Å². The van der Waals surface area contributed by atoms with Crippen molar-refractivity contribution in [1.29, 1.82) is 0 Å². The van der Waals surface area contributed by atoms with Gasteiger partial charge in [0.15, 0.2) is 0 Å². The van der Waals surface area contributed by atoms with Crippen LogP contribution < -0.4 is 4.18 Å². The molecule has 0 saturated carbocycles. The number of carbonyl (C=O) groups is 1. The van der Waals surface area contributed by atoms with Gasteiger partial charge in [-0.2, -0.15) is 8.42 Å². The number of rotatable bonds is 7. The highest BCUT2D eigenvalue weighted by Gasteiger charge is 2.20. The van der Waals surface area contributed by atoms with Crippen molar-refractivity contribution in [3.8, 4) is 5.75 Å². The molecule has 1 amide bonds. The SMILES string of the molecule is CS(=O)(=O)Oc1ccccc1CN(Cc1ccc(F)cc1)C(=O)c1cccc(F)c1. The van der Waals surface area contributed by atoms with E-state index >= 15 is 0 Å². The van der Waals surface area contributed by atoms with Gasteiger partial charge in [-0.15, -0.1) is 0 Å². The molecule has 5 nitrogen and oxygen atoms in total. The largest absolute Gasteiger partial charge is 0.382 e. The summed E-state index contributed by atoms with van der Waals surface area (Å²) in [5.74, 6) is -1.33. The van der Waals surface area contributed by atoms with E-state index in [1.165, 1.54) is 41.3 Å². The van der Waals surface area contributed by atoms with Crippen LogP contribution >= 0.6 is 0 Å². The molecule has 0 aliphatic rings. The summed E-state index contributed by atoms with van der Waals surface area (Å²) in [7, 11) is -3.77. The summed E-state index contributed by atoms with van der Waals surface area (Å²) >= 11 is 0. The molecule has 3 rings (SSSR count). The van der Waals surface area contributed by atoms with Gasteiger partial charge in [0.05, 0.1) is 12.8 Å². The lowest BCUT2D eigenvalue weighted by Gasteiger charge is -2.24. The zero-order valence-electron chi connectivity index (χ0n) is 16.1. The van der Waals surface area contributed by atoms with Crippen LogP contribution in [-0.2, 0) is 23.2 Å². The maximum Gasteiger partial charge on any atom is 0.306 e. The first kappa shape index (κ1) is 21.4. The normalized spacial score (nSPS) is 11.2. The Morgan fingerprint density at radius 1 is 0.900 bits per heavy atom. The maximum atomic E-state index is 13.6. The van der Waals surface area contributed by atoms with E-state index in [4.69, 9.17) is 4.18 Å². The second-order valence-electron chi connectivity index (χ2n) is 6.69. The molecule has 0 radical (unpaired) electrons. The van der Waals surface area contributed by atoms with Crippen LogP contribution in [0.2, 0.25) is 0 Å². The van der Waals surface area contributed by atoms with Crippen LogP contribution in [0.4, 0.5) is 8.78 Å². The van der Waals surface area contributed by atoms with Crippen LogP contribution in [0.25, 0.3) is 0 Å². The smallest absolute Gasteiger partial charge is 0.306 e. The molecule has 0 N–H and O–H groups in total. The molecule has 0 bridgehead atoms. The minimum absolute atomic E-state index is 0.00157. The lowest BCUT2D eigenvalue weighted by atomic mass is 10.1. The topological polar surface area (TPSA) is 63.7 Å². The predicted octanol–water partition coefficient (Wildman–Crippen LogP) is 4.15. The average Bonchev–Trinajstić information content (AvgIpc) is 2.69. The first-order valence-corrected chi connectivity index (χ1v) is 10.8. The van der Waals surface area contributed by atoms with Gasteiger partial charge in [-0.25, -0.2) is 8.78 Å². The summed E-state index contributed by atoms with van der Waals surface area (Å²) in [4.78, 5) is 14.5. The summed E-state index contributed by atoms with van der Waals surface area (Å²) < 4.78 is 55.1. The Balaban J connectivity index is 1.95. The third kappa shape index (κ3) is 5.87. The van der Waals surface area contributed by atoms with E-state index in [9.17, 15) is 22.0 Å². The van der Waals surface area contributed by atoms with Crippen LogP contribution in [0, 0.1) is 11.6 Å². The Kier molecular flexibility index (Phi) is 6.47. The Labute approximate surface area is 173 Å². The Morgan fingerprint density at radius 2 is 1.60 bits per heavy atom. The summed E-state index contributed by atoms with van der Waals surface area (Å²) in [6.45, 7) is 0.0985. The molecule has 0 aromatic heterocycles. The lowest BCUT2D eigenvalue weighted by Crippen LogP contribution is -2.30. The predicted molar refractivity (Wildman–Crippen MR) is 108 cm³/mol. The van der Waals surface area contributed by atoms with Gasteiger partial charge in [0.25, 0.3) is 5.91 Å². The number of halogens is 2. The van der Waals surface area contributed by atoms with Gasteiger partial charge < -0.3 is 9.08 Å². The van der Waals surface area contributed by atoms with Crippen LogP contribution in [0.3, 0.4) is 0 Å². The number of carbonyl (C=O) groups excluding carboxylic acids is 1. The standard InChI is InChI=1S/C22H19F2NO4S/c1-30(27,28)29-21-8-3-2-5-18(21)15-25(14-16-9-11-19(23)12-10-16)22(26)17-6-4-7-20(24)13-17/h2-13H,14-15H2,1H3. The highest BCUT2D eigenvalue weighted by Crippen LogP contribution is 2.23. The molecule has 0 aliphatic heterocycles. The van der Waals surface area contributed by atoms with Crippen LogP contribution in [0.5, 0.6) is 5.75 Å². The zero-order valence-corrected chi connectivity index (χ0v) is 16.9. The van der Waals surface area contributed by atoms with E-state index in [1.807, 2.05) is 0 Å². The van der Waals surface area contributed by atoms with Crippen LogP contribution in [-0.4, -0.2) is 25.5 Å². The van der Waals surface area contributed by atoms with E-state index < -0.39 is 27.7 Å². The van der Waals surface area contributed by atoms with E-state index in [0.717, 1.165) is 12.3 Å². The Morgan fingerprint density at radius 3 is 2.27 bits per heavy atom. The fraction of sp³-hybridized carbons (Fsp3) is 0.136. The minimum Gasteiger partial charge on any atom is -0.382 e. The van der Waals surface area contributed by atoms with Crippen molar-refractivity contribution < 1.29 is 26.2 Å². The number of para-hydroxylation sites is 1. The summed E-state index contributed by atoms with van der Waals surface area (Å²) in [6, 6.07) is 17.3. The van der Waals surface area contributed by atoms with Crippen molar-refractivity contribution in [3.63, 3.8) is 0 Å². The Bertz CT molecular complexity index is 1150. The van der Waals surface area contributed by atoms with E-state index in [2.05, 4.69) is 0 Å². The zero-order chi connectivity index (χ0) is 21.7. The maximum absolute atomic E-state index is 13.6. The van der Waals surface area contributed by atoms with Gasteiger partial charge in [-0.3, -0.25) is 4.79 Å². The second kappa shape index (κ2) is 9.04. The van der Waals surface area contributed by atoms with Crippen LogP contribution in [0.15, 0.2) is 72.8 Å². The van der Waals surface area contributed by atoms with Gasteiger partial charge in [0.1, 0.15) is 17.4 Å². The number of hydrogen-bond acceptors (Lipinski definition) is 4. The molecule has 0 aliphatic carbocycles. The molecule has 0 heterocycles. The number of amides is 1. The highest BCUT2D eigenvalue weighted by atomic mass is 32.2. The van der Waals surface area contributed by atoms with Gasteiger partial charge in [-0.1, -0.05) is 36.4 Å². The van der Waals surface area contributed by atoms with Crippen molar-refractivity contribution in [2.24, 2.45) is 0 Å². The molecular formula is C22H19F2NO4S. The highest BCUT2D eigenvalue weighted by molar-refractivity contribution is 7.86. The summed E-state index contributed by atoms with van der Waals surface area (Å²) in [5, 5.41) is 0. The molecule has 3 aromatic rings. The van der Waals surface area contributed by atoms with E-state index in [-0.39, 0.29) is 24.4 Å². The third-order valence-corrected chi connectivity index (χ3v) is 4.70. The van der Waals surface area contributed by atoms with Crippen molar-refractivity contribution in [2.45, 2.75) is 13.1 Å².